The van der Waals surface area contributed by atoms with E-state index in [1.165, 1.54) is 0 Å². The number of carbonyl (C=O) groups excluding carboxylic acids is 1. The molecule has 0 radical (unpaired) electrons. The minimum absolute atomic E-state index is 0.146. The van der Waals surface area contributed by atoms with E-state index in [0.717, 1.165) is 18.7 Å². The molecule has 0 atom stereocenters. The van der Waals surface area contributed by atoms with Gasteiger partial charge in [-0.2, -0.15) is 0 Å². The zero-order valence-corrected chi connectivity index (χ0v) is 11.3. The lowest BCUT2D eigenvalue weighted by Gasteiger charge is -2.26. The van der Waals surface area contributed by atoms with Gasteiger partial charge in [0.05, 0.1) is 0 Å². The number of rotatable bonds is 5. The minimum Gasteiger partial charge on any atom is -0.338 e. The summed E-state index contributed by atoms with van der Waals surface area (Å²) in [6, 6.07) is 9.53. The molecule has 0 N–H and O–H groups in total. The summed E-state index contributed by atoms with van der Waals surface area (Å²) < 4.78 is 0. The third kappa shape index (κ3) is 4.59. The second-order valence-corrected chi connectivity index (χ2v) is 5.36. The summed E-state index contributed by atoms with van der Waals surface area (Å²) >= 11 is 0. The van der Waals surface area contributed by atoms with Crippen molar-refractivity contribution < 1.29 is 4.79 Å². The lowest BCUT2D eigenvalue weighted by atomic mass is 10.1. The summed E-state index contributed by atoms with van der Waals surface area (Å²) in [5, 5.41) is 0. The second kappa shape index (κ2) is 6.43. The first kappa shape index (κ1) is 13.8. The van der Waals surface area contributed by atoms with Gasteiger partial charge in [-0.15, -0.1) is 0 Å². The molecule has 0 spiro atoms. The molecule has 0 fully saturated rings. The molecular weight excluding hydrogens is 210 g/mol. The standard InChI is InChI=1S/C15H23NO/c1-12(2)10-16(11-13(3)4)15(17)14-8-6-5-7-9-14/h5-9,12-13H,10-11H2,1-4H3. The van der Waals surface area contributed by atoms with Crippen LogP contribution in [0, 0.1) is 11.8 Å². The third-order valence-electron chi connectivity index (χ3n) is 2.48. The Morgan fingerprint density at radius 2 is 1.47 bits per heavy atom. The first-order chi connectivity index (χ1) is 8.00. The number of hydrogen-bond acceptors (Lipinski definition) is 1. The van der Waals surface area contributed by atoms with Crippen molar-refractivity contribution in [3.8, 4) is 0 Å². The summed E-state index contributed by atoms with van der Waals surface area (Å²) in [5.41, 5.74) is 0.786. The highest BCUT2D eigenvalue weighted by Crippen LogP contribution is 2.10. The summed E-state index contributed by atoms with van der Waals surface area (Å²) in [7, 11) is 0. The fraction of sp³-hybridized carbons (Fsp3) is 0.533. The van der Waals surface area contributed by atoms with Gasteiger partial charge >= 0.3 is 0 Å². The van der Waals surface area contributed by atoms with E-state index < -0.39 is 0 Å². The van der Waals surface area contributed by atoms with Crippen molar-refractivity contribution in [3.63, 3.8) is 0 Å². The van der Waals surface area contributed by atoms with Gasteiger partial charge in [-0.3, -0.25) is 4.79 Å². The van der Waals surface area contributed by atoms with E-state index in [0.29, 0.717) is 11.8 Å². The summed E-state index contributed by atoms with van der Waals surface area (Å²) in [4.78, 5) is 14.3. The summed E-state index contributed by atoms with van der Waals surface area (Å²) in [6.07, 6.45) is 0. The fourth-order valence-corrected chi connectivity index (χ4v) is 1.89. The molecule has 0 aromatic heterocycles. The van der Waals surface area contributed by atoms with Gasteiger partial charge in [0.25, 0.3) is 5.91 Å². The molecule has 0 bridgehead atoms. The molecule has 1 aromatic carbocycles. The van der Waals surface area contributed by atoms with Crippen LogP contribution in [0.2, 0.25) is 0 Å². The van der Waals surface area contributed by atoms with Gasteiger partial charge in [-0.25, -0.2) is 0 Å². The van der Waals surface area contributed by atoms with E-state index in [1.54, 1.807) is 0 Å². The number of carbonyl (C=O) groups is 1. The monoisotopic (exact) mass is 233 g/mol. The minimum atomic E-state index is 0.146. The maximum absolute atomic E-state index is 12.3. The van der Waals surface area contributed by atoms with Gasteiger partial charge in [-0.1, -0.05) is 45.9 Å². The lowest BCUT2D eigenvalue weighted by molar-refractivity contribution is 0.0715. The Kier molecular flexibility index (Phi) is 5.20. The highest BCUT2D eigenvalue weighted by molar-refractivity contribution is 5.94. The molecule has 2 heteroatoms. The number of amides is 1. The Morgan fingerprint density at radius 1 is 1.00 bits per heavy atom. The van der Waals surface area contributed by atoms with Crippen molar-refractivity contribution in [2.45, 2.75) is 27.7 Å². The molecule has 0 saturated heterocycles. The maximum atomic E-state index is 12.3. The SMILES string of the molecule is CC(C)CN(CC(C)C)C(=O)c1ccccc1. The number of hydrogen-bond donors (Lipinski definition) is 0. The van der Waals surface area contributed by atoms with Crippen molar-refractivity contribution in [3.05, 3.63) is 35.9 Å². The predicted molar refractivity (Wildman–Crippen MR) is 72.0 cm³/mol. The molecule has 0 aliphatic carbocycles. The Labute approximate surface area is 105 Å². The van der Waals surface area contributed by atoms with Gasteiger partial charge in [-0.05, 0) is 24.0 Å². The van der Waals surface area contributed by atoms with Gasteiger partial charge in [0.1, 0.15) is 0 Å². The highest BCUT2D eigenvalue weighted by Gasteiger charge is 2.17. The molecule has 0 saturated carbocycles. The zero-order chi connectivity index (χ0) is 12.8. The average molecular weight is 233 g/mol. The Hall–Kier alpha value is -1.31. The first-order valence-electron chi connectivity index (χ1n) is 6.35. The Morgan fingerprint density at radius 3 is 1.88 bits per heavy atom. The smallest absolute Gasteiger partial charge is 0.253 e. The molecule has 0 aliphatic heterocycles. The van der Waals surface area contributed by atoms with Crippen LogP contribution < -0.4 is 0 Å². The van der Waals surface area contributed by atoms with E-state index >= 15 is 0 Å². The Bertz CT molecular complexity index is 333. The number of nitrogens with zero attached hydrogens (tertiary/aromatic N) is 1. The summed E-state index contributed by atoms with van der Waals surface area (Å²) in [6.45, 7) is 10.2. The molecule has 1 amide bonds. The topological polar surface area (TPSA) is 20.3 Å². The maximum Gasteiger partial charge on any atom is 0.253 e. The van der Waals surface area contributed by atoms with Crippen LogP contribution in [-0.4, -0.2) is 23.9 Å². The van der Waals surface area contributed by atoms with Crippen molar-refractivity contribution in [1.82, 2.24) is 4.90 Å². The average Bonchev–Trinajstić information content (AvgIpc) is 2.27. The van der Waals surface area contributed by atoms with Crippen molar-refractivity contribution in [2.75, 3.05) is 13.1 Å². The molecular formula is C15H23NO. The molecule has 1 aromatic rings. The van der Waals surface area contributed by atoms with Gasteiger partial charge in [0.2, 0.25) is 0 Å². The fourth-order valence-electron chi connectivity index (χ4n) is 1.89. The zero-order valence-electron chi connectivity index (χ0n) is 11.3. The molecule has 1 rings (SSSR count). The van der Waals surface area contributed by atoms with E-state index in [4.69, 9.17) is 0 Å². The van der Waals surface area contributed by atoms with E-state index in [-0.39, 0.29) is 5.91 Å². The third-order valence-corrected chi connectivity index (χ3v) is 2.48. The van der Waals surface area contributed by atoms with Crippen molar-refractivity contribution >= 4 is 5.91 Å². The lowest BCUT2D eigenvalue weighted by Crippen LogP contribution is -2.36. The highest BCUT2D eigenvalue weighted by atomic mass is 16.2. The largest absolute Gasteiger partial charge is 0.338 e. The van der Waals surface area contributed by atoms with Crippen LogP contribution in [0.4, 0.5) is 0 Å². The van der Waals surface area contributed by atoms with Crippen LogP contribution in [0.25, 0.3) is 0 Å². The van der Waals surface area contributed by atoms with Crippen LogP contribution in [0.5, 0.6) is 0 Å². The molecule has 94 valence electrons. The second-order valence-electron chi connectivity index (χ2n) is 5.36. The van der Waals surface area contributed by atoms with Crippen molar-refractivity contribution in [2.24, 2.45) is 11.8 Å². The van der Waals surface area contributed by atoms with E-state index in [2.05, 4.69) is 27.7 Å². The van der Waals surface area contributed by atoms with Gasteiger partial charge in [0.15, 0.2) is 0 Å². The quantitative estimate of drug-likeness (QED) is 0.763. The molecule has 17 heavy (non-hydrogen) atoms. The van der Waals surface area contributed by atoms with Gasteiger partial charge < -0.3 is 4.90 Å². The van der Waals surface area contributed by atoms with Crippen molar-refractivity contribution in [1.29, 1.82) is 0 Å². The first-order valence-corrected chi connectivity index (χ1v) is 6.35. The van der Waals surface area contributed by atoms with Crippen LogP contribution in [0.1, 0.15) is 38.1 Å². The number of benzene rings is 1. The Balaban J connectivity index is 2.79. The molecule has 2 nitrogen and oxygen atoms in total. The van der Waals surface area contributed by atoms with Crippen LogP contribution in [-0.2, 0) is 0 Å². The van der Waals surface area contributed by atoms with Crippen LogP contribution >= 0.6 is 0 Å². The predicted octanol–water partition coefficient (Wildman–Crippen LogP) is 3.44. The molecule has 0 unspecified atom stereocenters. The summed E-state index contributed by atoms with van der Waals surface area (Å²) in [5.74, 6) is 1.15. The van der Waals surface area contributed by atoms with E-state index in [1.807, 2.05) is 35.2 Å². The molecule has 0 aliphatic rings. The van der Waals surface area contributed by atoms with Gasteiger partial charge in [0, 0.05) is 18.7 Å². The van der Waals surface area contributed by atoms with Crippen LogP contribution in [0.15, 0.2) is 30.3 Å². The molecule has 0 heterocycles. The van der Waals surface area contributed by atoms with E-state index in [9.17, 15) is 4.79 Å². The van der Waals surface area contributed by atoms with Crippen LogP contribution in [0.3, 0.4) is 0 Å². The normalized spacial score (nSPS) is 10.9.